The smallest absolute Gasteiger partial charge is 0.264 e. The van der Waals surface area contributed by atoms with E-state index in [4.69, 9.17) is 4.42 Å². The Kier molecular flexibility index (Phi) is 6.16. The molecule has 3 aromatic heterocycles. The van der Waals surface area contributed by atoms with Gasteiger partial charge in [-0.05, 0) is 50.8 Å². The highest BCUT2D eigenvalue weighted by molar-refractivity contribution is 7.20. The Morgan fingerprint density at radius 2 is 1.76 bits per heavy atom. The van der Waals surface area contributed by atoms with Crippen LogP contribution in [0.2, 0.25) is 0 Å². The van der Waals surface area contributed by atoms with Crippen LogP contribution in [0.15, 0.2) is 22.8 Å². The fourth-order valence-electron chi connectivity index (χ4n) is 4.75. The summed E-state index contributed by atoms with van der Waals surface area (Å²) in [5, 5.41) is 0.949. The summed E-state index contributed by atoms with van der Waals surface area (Å²) in [5.74, 6) is 1.42. The molecule has 174 valence electrons. The number of thiophene rings is 1. The molecule has 8 nitrogen and oxygen atoms in total. The molecule has 2 aliphatic heterocycles. The van der Waals surface area contributed by atoms with Crippen LogP contribution in [0.4, 0.5) is 0 Å². The zero-order valence-electron chi connectivity index (χ0n) is 19.2. The highest BCUT2D eigenvalue weighted by atomic mass is 32.1. The van der Waals surface area contributed by atoms with Crippen molar-refractivity contribution in [1.29, 1.82) is 0 Å². The van der Waals surface area contributed by atoms with Crippen LogP contribution in [0.5, 0.6) is 0 Å². The number of amides is 2. The maximum Gasteiger partial charge on any atom is 0.264 e. The second-order valence-electron chi connectivity index (χ2n) is 8.86. The van der Waals surface area contributed by atoms with Crippen molar-refractivity contribution in [3.8, 4) is 11.6 Å². The quantitative estimate of drug-likeness (QED) is 0.585. The fraction of sp³-hybridized carbons (Fsp3) is 0.500. The van der Waals surface area contributed by atoms with Crippen molar-refractivity contribution >= 4 is 33.4 Å². The van der Waals surface area contributed by atoms with E-state index in [0.29, 0.717) is 31.2 Å². The van der Waals surface area contributed by atoms with Gasteiger partial charge in [0.1, 0.15) is 4.83 Å². The van der Waals surface area contributed by atoms with Gasteiger partial charge in [-0.15, -0.1) is 11.3 Å². The summed E-state index contributed by atoms with van der Waals surface area (Å²) in [5.41, 5.74) is 1.78. The number of carbonyl (C=O) groups excluding carboxylic acids is 2. The maximum atomic E-state index is 13.4. The Balaban J connectivity index is 1.27. The lowest BCUT2D eigenvalue weighted by atomic mass is 10.1. The van der Waals surface area contributed by atoms with Crippen molar-refractivity contribution in [3.63, 3.8) is 0 Å². The van der Waals surface area contributed by atoms with Gasteiger partial charge in [-0.3, -0.25) is 14.5 Å². The number of aromatic nitrogens is 2. The van der Waals surface area contributed by atoms with Crippen LogP contribution < -0.4 is 0 Å². The number of rotatable bonds is 4. The normalized spacial score (nSPS) is 17.6. The van der Waals surface area contributed by atoms with Crippen LogP contribution in [0.25, 0.3) is 21.8 Å². The molecule has 0 aromatic carbocycles. The number of hydrogen-bond donors (Lipinski definition) is 0. The highest BCUT2D eigenvalue weighted by Crippen LogP contribution is 2.34. The van der Waals surface area contributed by atoms with Gasteiger partial charge in [0.15, 0.2) is 11.6 Å². The lowest BCUT2D eigenvalue weighted by Crippen LogP contribution is -2.52. The molecule has 0 unspecified atom stereocenters. The molecule has 2 saturated heterocycles. The van der Waals surface area contributed by atoms with E-state index in [2.05, 4.69) is 14.9 Å². The summed E-state index contributed by atoms with van der Waals surface area (Å²) >= 11 is 1.42. The third-order valence-electron chi connectivity index (χ3n) is 6.63. The van der Waals surface area contributed by atoms with Crippen molar-refractivity contribution in [1.82, 2.24) is 24.7 Å². The van der Waals surface area contributed by atoms with Crippen molar-refractivity contribution in [2.45, 2.75) is 33.1 Å². The summed E-state index contributed by atoms with van der Waals surface area (Å²) in [7, 11) is 0. The third kappa shape index (κ3) is 4.39. The predicted molar refractivity (Wildman–Crippen MR) is 127 cm³/mol. The van der Waals surface area contributed by atoms with Gasteiger partial charge in [-0.2, -0.15) is 0 Å². The summed E-state index contributed by atoms with van der Waals surface area (Å²) in [6.45, 7) is 8.83. The Labute approximate surface area is 197 Å². The molecule has 0 saturated carbocycles. The first kappa shape index (κ1) is 22.0. The number of likely N-dealkylation sites (tertiary alicyclic amines) is 1. The average molecular weight is 468 g/mol. The number of aryl methyl sites for hydroxylation is 2. The van der Waals surface area contributed by atoms with E-state index in [9.17, 15) is 9.59 Å². The van der Waals surface area contributed by atoms with Gasteiger partial charge < -0.3 is 14.2 Å². The molecule has 2 aliphatic rings. The van der Waals surface area contributed by atoms with Gasteiger partial charge >= 0.3 is 0 Å². The van der Waals surface area contributed by atoms with Crippen LogP contribution in [0.1, 0.15) is 40.2 Å². The topological polar surface area (TPSA) is 82.8 Å². The summed E-state index contributed by atoms with van der Waals surface area (Å²) < 4.78 is 5.45. The Morgan fingerprint density at radius 1 is 1.00 bits per heavy atom. The van der Waals surface area contributed by atoms with E-state index < -0.39 is 0 Å². The summed E-state index contributed by atoms with van der Waals surface area (Å²) in [6.07, 6.45) is 5.04. The van der Waals surface area contributed by atoms with E-state index in [1.54, 1.807) is 6.26 Å². The number of carbonyl (C=O) groups is 2. The molecule has 33 heavy (non-hydrogen) atoms. The number of piperidine rings is 1. The minimum Gasteiger partial charge on any atom is -0.461 e. The van der Waals surface area contributed by atoms with Gasteiger partial charge in [-0.1, -0.05) is 0 Å². The SMILES string of the molecule is Cc1nc(-c2ccco2)nc2sc(C(=O)N3CCN(CC(=O)N4CCCCC4)CC3)c(C)c12. The predicted octanol–water partition coefficient (Wildman–Crippen LogP) is 3.34. The molecule has 5 heterocycles. The third-order valence-corrected chi connectivity index (χ3v) is 7.81. The number of nitrogens with zero attached hydrogens (tertiary/aromatic N) is 5. The lowest BCUT2D eigenvalue weighted by Gasteiger charge is -2.36. The van der Waals surface area contributed by atoms with E-state index in [-0.39, 0.29) is 11.8 Å². The maximum absolute atomic E-state index is 13.4. The van der Waals surface area contributed by atoms with Crippen molar-refractivity contribution < 1.29 is 14.0 Å². The molecule has 3 aromatic rings. The second kappa shape index (κ2) is 9.23. The van der Waals surface area contributed by atoms with Crippen LogP contribution in [0.3, 0.4) is 0 Å². The highest BCUT2D eigenvalue weighted by Gasteiger charge is 2.28. The van der Waals surface area contributed by atoms with E-state index in [0.717, 1.165) is 65.4 Å². The molecule has 0 radical (unpaired) electrons. The van der Waals surface area contributed by atoms with Crippen LogP contribution >= 0.6 is 11.3 Å². The molecule has 0 aliphatic carbocycles. The van der Waals surface area contributed by atoms with Gasteiger partial charge in [0.25, 0.3) is 5.91 Å². The fourth-order valence-corrected chi connectivity index (χ4v) is 5.95. The molecule has 0 N–H and O–H groups in total. The molecule has 2 fully saturated rings. The summed E-state index contributed by atoms with van der Waals surface area (Å²) in [4.78, 5) is 42.8. The Hall–Kier alpha value is -2.78. The molecule has 9 heteroatoms. The minimum atomic E-state index is 0.0384. The molecular weight excluding hydrogens is 438 g/mol. The largest absolute Gasteiger partial charge is 0.461 e. The zero-order valence-corrected chi connectivity index (χ0v) is 20.0. The first-order valence-electron chi connectivity index (χ1n) is 11.6. The van der Waals surface area contributed by atoms with E-state index in [1.165, 1.54) is 17.8 Å². The van der Waals surface area contributed by atoms with Crippen LogP contribution in [-0.4, -0.2) is 82.3 Å². The molecule has 0 bridgehead atoms. The lowest BCUT2D eigenvalue weighted by molar-refractivity contribution is -0.133. The van der Waals surface area contributed by atoms with E-state index in [1.807, 2.05) is 35.8 Å². The number of piperazine rings is 1. The van der Waals surface area contributed by atoms with Gasteiger partial charge in [-0.25, -0.2) is 9.97 Å². The van der Waals surface area contributed by atoms with Crippen molar-refractivity contribution in [2.75, 3.05) is 45.8 Å². The van der Waals surface area contributed by atoms with E-state index >= 15 is 0 Å². The molecule has 5 rings (SSSR count). The molecular formula is C24H29N5O3S. The van der Waals surface area contributed by atoms with Gasteiger partial charge in [0, 0.05) is 44.7 Å². The average Bonchev–Trinajstić information content (AvgIpc) is 3.48. The molecule has 2 amide bonds. The van der Waals surface area contributed by atoms with Gasteiger partial charge in [0.2, 0.25) is 5.91 Å². The Bertz CT molecular complexity index is 1160. The number of fused-ring (bicyclic) bond motifs is 1. The summed E-state index contributed by atoms with van der Waals surface area (Å²) in [6, 6.07) is 3.65. The number of furan rings is 1. The van der Waals surface area contributed by atoms with Crippen LogP contribution in [0, 0.1) is 13.8 Å². The Morgan fingerprint density at radius 3 is 2.45 bits per heavy atom. The monoisotopic (exact) mass is 467 g/mol. The minimum absolute atomic E-state index is 0.0384. The zero-order chi connectivity index (χ0) is 22.9. The first-order valence-corrected chi connectivity index (χ1v) is 12.4. The molecule has 0 spiro atoms. The van der Waals surface area contributed by atoms with Crippen molar-refractivity contribution in [2.24, 2.45) is 0 Å². The number of hydrogen-bond acceptors (Lipinski definition) is 7. The van der Waals surface area contributed by atoms with Crippen molar-refractivity contribution in [3.05, 3.63) is 34.5 Å². The second-order valence-corrected chi connectivity index (χ2v) is 9.86. The standard InChI is InChI=1S/C24H29N5O3S/c1-16-20-17(2)25-22(18-7-6-14-32-18)26-23(20)33-21(16)24(31)29-12-10-27(11-13-29)15-19(30)28-8-4-3-5-9-28/h6-7,14H,3-5,8-13,15H2,1-2H3. The first-order chi connectivity index (χ1) is 16.0. The van der Waals surface area contributed by atoms with Crippen LogP contribution in [-0.2, 0) is 4.79 Å². The van der Waals surface area contributed by atoms with Gasteiger partial charge in [0.05, 0.1) is 23.4 Å². The molecule has 0 atom stereocenters.